The number of aryl methyl sites for hydroxylation is 1. The van der Waals surface area contributed by atoms with Crippen LogP contribution < -0.4 is 5.32 Å². The van der Waals surface area contributed by atoms with Gasteiger partial charge in [0.15, 0.2) is 0 Å². The van der Waals surface area contributed by atoms with E-state index in [9.17, 15) is 4.39 Å². The van der Waals surface area contributed by atoms with Crippen LogP contribution in [0.2, 0.25) is 0 Å². The zero-order valence-corrected chi connectivity index (χ0v) is 12.2. The van der Waals surface area contributed by atoms with Crippen molar-refractivity contribution in [2.24, 2.45) is 17.8 Å². The van der Waals surface area contributed by atoms with Crippen LogP contribution in [0, 0.1) is 23.6 Å². The summed E-state index contributed by atoms with van der Waals surface area (Å²) in [4.78, 5) is 0. The third kappa shape index (κ3) is 2.09. The van der Waals surface area contributed by atoms with Crippen molar-refractivity contribution in [3.8, 4) is 0 Å². The van der Waals surface area contributed by atoms with Crippen LogP contribution in [-0.2, 0) is 6.42 Å². The SMILES string of the molecule is CC(NC1CCc2cc(F)ccc21)C1CC2CCC1C2. The smallest absolute Gasteiger partial charge is 0.123 e. The van der Waals surface area contributed by atoms with Crippen LogP contribution in [0.5, 0.6) is 0 Å². The molecule has 0 radical (unpaired) electrons. The van der Waals surface area contributed by atoms with Gasteiger partial charge in [0.2, 0.25) is 0 Å². The summed E-state index contributed by atoms with van der Waals surface area (Å²) in [7, 11) is 0. The summed E-state index contributed by atoms with van der Waals surface area (Å²) < 4.78 is 13.3. The van der Waals surface area contributed by atoms with Gasteiger partial charge in [-0.3, -0.25) is 0 Å². The first-order valence-corrected chi connectivity index (χ1v) is 8.25. The normalized spacial score (nSPS) is 36.3. The minimum absolute atomic E-state index is 0.0921. The fraction of sp³-hybridized carbons (Fsp3) is 0.667. The summed E-state index contributed by atoms with van der Waals surface area (Å²) in [5, 5.41) is 3.86. The highest BCUT2D eigenvalue weighted by Gasteiger charge is 2.42. The highest BCUT2D eigenvalue weighted by molar-refractivity contribution is 5.35. The van der Waals surface area contributed by atoms with Gasteiger partial charge in [0, 0.05) is 12.1 Å². The van der Waals surface area contributed by atoms with Crippen molar-refractivity contribution in [3.63, 3.8) is 0 Å². The van der Waals surface area contributed by atoms with Gasteiger partial charge in [0.25, 0.3) is 0 Å². The second kappa shape index (κ2) is 4.84. The van der Waals surface area contributed by atoms with Crippen LogP contribution in [0.4, 0.5) is 4.39 Å². The lowest BCUT2D eigenvalue weighted by atomic mass is 9.83. The molecule has 5 atom stereocenters. The molecular weight excluding hydrogens is 249 g/mol. The second-order valence-corrected chi connectivity index (χ2v) is 7.23. The molecule has 108 valence electrons. The second-order valence-electron chi connectivity index (χ2n) is 7.23. The van der Waals surface area contributed by atoms with Crippen molar-refractivity contribution in [2.45, 2.75) is 57.5 Å². The van der Waals surface area contributed by atoms with E-state index in [1.165, 1.54) is 36.8 Å². The predicted molar refractivity (Wildman–Crippen MR) is 79.0 cm³/mol. The van der Waals surface area contributed by atoms with E-state index in [0.29, 0.717) is 12.1 Å². The summed E-state index contributed by atoms with van der Waals surface area (Å²) >= 11 is 0. The Bertz CT molecular complexity index is 512. The Kier molecular flexibility index (Phi) is 3.10. The Balaban J connectivity index is 1.46. The minimum Gasteiger partial charge on any atom is -0.307 e. The standard InChI is InChI=1S/C18H24FN/c1-11(17-9-12-2-3-13(17)8-12)20-18-7-4-14-10-15(19)5-6-16(14)18/h5-6,10-13,17-18,20H,2-4,7-9H2,1H3. The van der Waals surface area contributed by atoms with E-state index in [4.69, 9.17) is 0 Å². The topological polar surface area (TPSA) is 12.0 Å². The number of benzene rings is 1. The van der Waals surface area contributed by atoms with Gasteiger partial charge in [-0.25, -0.2) is 4.39 Å². The number of hydrogen-bond acceptors (Lipinski definition) is 1. The minimum atomic E-state index is -0.0921. The summed E-state index contributed by atoms with van der Waals surface area (Å²) in [5.41, 5.74) is 2.55. The number of fused-ring (bicyclic) bond motifs is 3. The van der Waals surface area contributed by atoms with Crippen molar-refractivity contribution >= 4 is 0 Å². The molecule has 3 aliphatic rings. The Hall–Kier alpha value is -0.890. The Morgan fingerprint density at radius 3 is 2.85 bits per heavy atom. The molecule has 5 unspecified atom stereocenters. The molecule has 4 rings (SSSR count). The molecule has 2 heteroatoms. The highest BCUT2D eigenvalue weighted by Crippen LogP contribution is 2.50. The molecule has 20 heavy (non-hydrogen) atoms. The van der Waals surface area contributed by atoms with Crippen LogP contribution >= 0.6 is 0 Å². The van der Waals surface area contributed by atoms with Crippen molar-refractivity contribution in [2.75, 3.05) is 0 Å². The lowest BCUT2D eigenvalue weighted by molar-refractivity contribution is 0.245. The van der Waals surface area contributed by atoms with E-state index in [0.717, 1.165) is 30.6 Å². The van der Waals surface area contributed by atoms with Gasteiger partial charge < -0.3 is 5.32 Å². The van der Waals surface area contributed by atoms with Gasteiger partial charge in [-0.05, 0) is 80.0 Å². The molecule has 0 amide bonds. The summed E-state index contributed by atoms with van der Waals surface area (Å²) in [6.45, 7) is 2.37. The van der Waals surface area contributed by atoms with Gasteiger partial charge in [0.05, 0.1) is 0 Å². The maximum absolute atomic E-state index is 13.3. The van der Waals surface area contributed by atoms with Crippen LogP contribution in [0.1, 0.15) is 56.2 Å². The van der Waals surface area contributed by atoms with E-state index in [1.807, 2.05) is 6.07 Å². The molecule has 1 aromatic rings. The van der Waals surface area contributed by atoms with Crippen molar-refractivity contribution in [1.29, 1.82) is 0 Å². The van der Waals surface area contributed by atoms with Crippen LogP contribution in [0.25, 0.3) is 0 Å². The van der Waals surface area contributed by atoms with Crippen molar-refractivity contribution in [1.82, 2.24) is 5.32 Å². The van der Waals surface area contributed by atoms with Gasteiger partial charge in [-0.15, -0.1) is 0 Å². The molecule has 0 aromatic heterocycles. The average molecular weight is 273 g/mol. The molecule has 1 aromatic carbocycles. The lowest BCUT2D eigenvalue weighted by Crippen LogP contribution is -2.38. The zero-order valence-electron chi connectivity index (χ0n) is 12.2. The molecule has 0 heterocycles. The van der Waals surface area contributed by atoms with E-state index in [1.54, 1.807) is 12.1 Å². The number of nitrogens with one attached hydrogen (secondary N) is 1. The van der Waals surface area contributed by atoms with Gasteiger partial charge >= 0.3 is 0 Å². The zero-order chi connectivity index (χ0) is 13.7. The number of hydrogen-bond donors (Lipinski definition) is 1. The molecule has 3 aliphatic carbocycles. The molecule has 0 spiro atoms. The first-order chi connectivity index (χ1) is 9.70. The molecule has 0 saturated heterocycles. The molecule has 0 aliphatic heterocycles. The third-order valence-electron chi connectivity index (χ3n) is 6.08. The maximum atomic E-state index is 13.3. The van der Waals surface area contributed by atoms with Gasteiger partial charge in [-0.1, -0.05) is 12.5 Å². The Morgan fingerprint density at radius 1 is 1.20 bits per heavy atom. The molecule has 2 saturated carbocycles. The summed E-state index contributed by atoms with van der Waals surface area (Å²) in [6.07, 6.45) is 7.98. The average Bonchev–Trinajstić information content (AvgIpc) is 3.13. The molecular formula is C18H24FN. The number of halogens is 1. The third-order valence-corrected chi connectivity index (χ3v) is 6.08. The summed E-state index contributed by atoms with van der Waals surface area (Å²) in [5.74, 6) is 2.76. The van der Waals surface area contributed by atoms with E-state index in [-0.39, 0.29) is 5.82 Å². The van der Waals surface area contributed by atoms with Crippen LogP contribution in [0.15, 0.2) is 18.2 Å². The predicted octanol–water partition coefficient (Wildman–Crippen LogP) is 4.23. The quantitative estimate of drug-likeness (QED) is 0.869. The molecule has 1 nitrogen and oxygen atoms in total. The monoisotopic (exact) mass is 273 g/mol. The fourth-order valence-electron chi connectivity index (χ4n) is 5.11. The molecule has 2 fully saturated rings. The fourth-order valence-corrected chi connectivity index (χ4v) is 5.11. The van der Waals surface area contributed by atoms with Crippen molar-refractivity contribution in [3.05, 3.63) is 35.1 Å². The first kappa shape index (κ1) is 12.8. The Morgan fingerprint density at radius 2 is 2.10 bits per heavy atom. The van der Waals surface area contributed by atoms with Gasteiger partial charge in [-0.2, -0.15) is 0 Å². The van der Waals surface area contributed by atoms with E-state index in [2.05, 4.69) is 12.2 Å². The highest BCUT2D eigenvalue weighted by atomic mass is 19.1. The van der Waals surface area contributed by atoms with E-state index < -0.39 is 0 Å². The van der Waals surface area contributed by atoms with Gasteiger partial charge in [0.1, 0.15) is 5.82 Å². The summed E-state index contributed by atoms with van der Waals surface area (Å²) in [6, 6.07) is 6.37. The first-order valence-electron chi connectivity index (χ1n) is 8.25. The Labute approximate surface area is 121 Å². The molecule has 1 N–H and O–H groups in total. The largest absolute Gasteiger partial charge is 0.307 e. The maximum Gasteiger partial charge on any atom is 0.123 e. The van der Waals surface area contributed by atoms with Crippen LogP contribution in [-0.4, -0.2) is 6.04 Å². The molecule has 2 bridgehead atoms. The number of rotatable bonds is 3. The van der Waals surface area contributed by atoms with Crippen LogP contribution in [0.3, 0.4) is 0 Å². The van der Waals surface area contributed by atoms with E-state index >= 15 is 0 Å². The van der Waals surface area contributed by atoms with Crippen molar-refractivity contribution < 1.29 is 4.39 Å². The lowest BCUT2D eigenvalue weighted by Gasteiger charge is -2.31.